The molecule has 0 spiro atoms. The second-order valence-electron chi connectivity index (χ2n) is 4.68. The first-order valence-electron chi connectivity index (χ1n) is 7.52. The average molecular weight is 359 g/mol. The van der Waals surface area contributed by atoms with Gasteiger partial charge < -0.3 is 19.4 Å². The van der Waals surface area contributed by atoms with Gasteiger partial charge in [0.15, 0.2) is 5.92 Å². The maximum Gasteiger partial charge on any atom is 0.387 e. The van der Waals surface area contributed by atoms with Gasteiger partial charge in [-0.25, -0.2) is 0 Å². The molecule has 1 aromatic rings. The molecule has 0 amide bonds. The number of alkyl halides is 2. The molecule has 0 saturated carbocycles. The van der Waals surface area contributed by atoms with Crippen LogP contribution in [0.25, 0.3) is 0 Å². The summed E-state index contributed by atoms with van der Waals surface area (Å²) in [6.45, 7) is 0.100. The number of oxime groups is 1. The van der Waals surface area contributed by atoms with Crippen LogP contribution in [-0.2, 0) is 19.1 Å². The molecule has 0 aromatic heterocycles. The van der Waals surface area contributed by atoms with Gasteiger partial charge in [0.1, 0.15) is 5.75 Å². The minimum absolute atomic E-state index is 0.0175. The van der Waals surface area contributed by atoms with E-state index in [-0.39, 0.29) is 30.2 Å². The molecule has 0 aliphatic rings. The van der Waals surface area contributed by atoms with E-state index in [1.54, 1.807) is 13.8 Å². The largest absolute Gasteiger partial charge is 0.465 e. The molecular weight excluding hydrogens is 340 g/mol. The zero-order valence-electron chi connectivity index (χ0n) is 13.8. The lowest BCUT2D eigenvalue weighted by molar-refractivity contribution is -0.161. The number of esters is 2. The summed E-state index contributed by atoms with van der Waals surface area (Å²) in [4.78, 5) is 24.0. The van der Waals surface area contributed by atoms with Gasteiger partial charge in [0.2, 0.25) is 0 Å². The van der Waals surface area contributed by atoms with Crippen molar-refractivity contribution in [1.82, 2.24) is 0 Å². The highest BCUT2D eigenvalue weighted by molar-refractivity contribution is 6.08. The van der Waals surface area contributed by atoms with Crippen LogP contribution in [0.1, 0.15) is 25.8 Å². The van der Waals surface area contributed by atoms with Gasteiger partial charge in [-0.3, -0.25) is 9.59 Å². The fourth-order valence-corrected chi connectivity index (χ4v) is 2.05. The van der Waals surface area contributed by atoms with Crippen molar-refractivity contribution in [3.05, 3.63) is 29.8 Å². The monoisotopic (exact) mass is 359 g/mol. The number of benzene rings is 1. The third-order valence-electron chi connectivity index (χ3n) is 3.07. The molecule has 0 saturated heterocycles. The molecule has 0 aliphatic carbocycles. The van der Waals surface area contributed by atoms with Crippen LogP contribution in [0.5, 0.6) is 5.75 Å². The van der Waals surface area contributed by atoms with Gasteiger partial charge in [-0.15, -0.1) is 0 Å². The first-order chi connectivity index (χ1) is 11.9. The van der Waals surface area contributed by atoms with Crippen LogP contribution in [0.15, 0.2) is 29.4 Å². The van der Waals surface area contributed by atoms with Gasteiger partial charge in [-0.05, 0) is 26.0 Å². The van der Waals surface area contributed by atoms with Gasteiger partial charge in [0.05, 0.1) is 18.9 Å². The van der Waals surface area contributed by atoms with E-state index in [1.807, 2.05) is 0 Å². The van der Waals surface area contributed by atoms with Gasteiger partial charge in [0.25, 0.3) is 0 Å². The number of nitrogens with zero attached hydrogens (tertiary/aromatic N) is 1. The summed E-state index contributed by atoms with van der Waals surface area (Å²) in [5, 5.41) is 12.3. The Hall–Kier alpha value is -2.71. The third-order valence-corrected chi connectivity index (χ3v) is 3.07. The second kappa shape index (κ2) is 10.2. The summed E-state index contributed by atoms with van der Waals surface area (Å²) >= 11 is 0. The number of hydrogen-bond donors (Lipinski definition) is 1. The van der Waals surface area contributed by atoms with E-state index >= 15 is 0 Å². The van der Waals surface area contributed by atoms with Crippen LogP contribution >= 0.6 is 0 Å². The Labute approximate surface area is 143 Å². The predicted molar refractivity (Wildman–Crippen MR) is 82.8 cm³/mol. The Morgan fingerprint density at radius 1 is 1.12 bits per heavy atom. The first kappa shape index (κ1) is 20.3. The third kappa shape index (κ3) is 6.02. The lowest BCUT2D eigenvalue weighted by atomic mass is 9.97. The number of para-hydroxylation sites is 1. The van der Waals surface area contributed by atoms with Crippen molar-refractivity contribution in [1.29, 1.82) is 0 Å². The van der Waals surface area contributed by atoms with Crippen LogP contribution in [-0.4, -0.2) is 42.7 Å². The fourth-order valence-electron chi connectivity index (χ4n) is 2.05. The van der Waals surface area contributed by atoms with Gasteiger partial charge in [-0.2, -0.15) is 8.78 Å². The van der Waals surface area contributed by atoms with Crippen molar-refractivity contribution in [2.45, 2.75) is 26.9 Å². The Morgan fingerprint density at radius 2 is 1.68 bits per heavy atom. The quantitative estimate of drug-likeness (QED) is 0.239. The van der Waals surface area contributed by atoms with Crippen molar-refractivity contribution < 1.29 is 37.8 Å². The molecule has 0 atom stereocenters. The molecule has 25 heavy (non-hydrogen) atoms. The van der Waals surface area contributed by atoms with Crippen molar-refractivity contribution in [3.8, 4) is 5.75 Å². The number of hydrogen-bond acceptors (Lipinski definition) is 7. The maximum atomic E-state index is 12.5. The molecule has 0 aliphatic heterocycles. The highest BCUT2D eigenvalue weighted by atomic mass is 19.3. The molecule has 0 heterocycles. The summed E-state index contributed by atoms with van der Waals surface area (Å²) in [7, 11) is 0. The number of rotatable bonds is 9. The molecule has 0 unspecified atom stereocenters. The lowest BCUT2D eigenvalue weighted by Crippen LogP contribution is -2.30. The lowest BCUT2D eigenvalue weighted by Gasteiger charge is -2.16. The zero-order chi connectivity index (χ0) is 18.8. The fraction of sp³-hybridized carbons (Fsp3) is 0.438. The van der Waals surface area contributed by atoms with Crippen molar-refractivity contribution in [2.24, 2.45) is 11.1 Å². The van der Waals surface area contributed by atoms with Gasteiger partial charge in [0, 0.05) is 12.0 Å². The number of carbonyl (C=O) groups is 2. The highest BCUT2D eigenvalue weighted by Crippen LogP contribution is 2.24. The molecule has 1 aromatic carbocycles. The predicted octanol–water partition coefficient (Wildman–Crippen LogP) is 2.60. The Kier molecular flexibility index (Phi) is 8.31. The molecule has 1 rings (SSSR count). The summed E-state index contributed by atoms with van der Waals surface area (Å²) in [6.07, 6.45) is -0.405. The Bertz CT molecular complexity index is 602. The molecular formula is C16H19F2NO6. The maximum absolute atomic E-state index is 12.5. The molecule has 0 radical (unpaired) electrons. The minimum atomic E-state index is -3.09. The van der Waals surface area contributed by atoms with Crippen LogP contribution in [0.3, 0.4) is 0 Å². The molecule has 1 N–H and O–H groups in total. The van der Waals surface area contributed by atoms with Crippen molar-refractivity contribution in [3.63, 3.8) is 0 Å². The first-order valence-corrected chi connectivity index (χ1v) is 7.52. The topological polar surface area (TPSA) is 94.4 Å². The summed E-state index contributed by atoms with van der Waals surface area (Å²) in [5.41, 5.74) is -0.175. The van der Waals surface area contributed by atoms with Crippen molar-refractivity contribution >= 4 is 17.7 Å². The van der Waals surface area contributed by atoms with E-state index in [1.165, 1.54) is 24.3 Å². The Morgan fingerprint density at radius 3 is 2.16 bits per heavy atom. The van der Waals surface area contributed by atoms with E-state index < -0.39 is 30.9 Å². The normalized spacial score (nSPS) is 11.5. The highest BCUT2D eigenvalue weighted by Gasteiger charge is 2.32. The van der Waals surface area contributed by atoms with Crippen molar-refractivity contribution in [2.75, 3.05) is 13.2 Å². The van der Waals surface area contributed by atoms with Crippen LogP contribution in [0.4, 0.5) is 8.78 Å². The molecule has 138 valence electrons. The van der Waals surface area contributed by atoms with E-state index in [2.05, 4.69) is 9.89 Å². The van der Waals surface area contributed by atoms with Gasteiger partial charge >= 0.3 is 18.6 Å². The van der Waals surface area contributed by atoms with E-state index in [0.29, 0.717) is 0 Å². The summed E-state index contributed by atoms with van der Waals surface area (Å²) < 4.78 is 39.0. The smallest absolute Gasteiger partial charge is 0.387 e. The number of halogens is 2. The molecule has 7 nitrogen and oxygen atoms in total. The molecule has 0 fully saturated rings. The van der Waals surface area contributed by atoms with Crippen LogP contribution in [0, 0.1) is 5.92 Å². The second-order valence-corrected chi connectivity index (χ2v) is 4.68. The van der Waals surface area contributed by atoms with Crippen LogP contribution in [0.2, 0.25) is 0 Å². The Balaban J connectivity index is 3.13. The molecule has 0 bridgehead atoms. The average Bonchev–Trinajstić information content (AvgIpc) is 2.56. The standard InChI is InChI=1S/C16H19F2NO6/c1-3-23-14(20)11(15(21)24-4-2)9-12(19-22)10-7-5-6-8-13(10)25-16(17)18/h5-8,11,16,22H,3-4,9H2,1-2H3. The minimum Gasteiger partial charge on any atom is -0.465 e. The summed E-state index contributed by atoms with van der Waals surface area (Å²) in [6, 6.07) is 5.56. The van der Waals surface area contributed by atoms with Crippen LogP contribution < -0.4 is 4.74 Å². The van der Waals surface area contributed by atoms with E-state index in [0.717, 1.165) is 0 Å². The number of ether oxygens (including phenoxy) is 3. The van der Waals surface area contributed by atoms with Gasteiger partial charge in [-0.1, -0.05) is 17.3 Å². The zero-order valence-corrected chi connectivity index (χ0v) is 13.8. The summed E-state index contributed by atoms with van der Waals surface area (Å²) in [5.74, 6) is -3.38. The SMILES string of the molecule is CCOC(=O)C(CC(=NO)c1ccccc1OC(F)F)C(=O)OCC. The number of carbonyl (C=O) groups excluding carboxylic acids is 2. The van der Waals surface area contributed by atoms with E-state index in [9.17, 15) is 23.6 Å². The van der Waals surface area contributed by atoms with E-state index in [4.69, 9.17) is 9.47 Å². The molecule has 9 heteroatoms.